The Hall–Kier alpha value is -0.980. The maximum absolute atomic E-state index is 13.2. The fraction of sp³-hybridized carbons (Fsp3) is 0.538. The van der Waals surface area contributed by atoms with Crippen LogP contribution in [0.1, 0.15) is 17.2 Å². The van der Waals surface area contributed by atoms with E-state index in [0.717, 1.165) is 5.56 Å². The van der Waals surface area contributed by atoms with Crippen LogP contribution in [0.4, 0.5) is 4.39 Å². The number of aryl methyl sites for hydroxylation is 1. The quantitative estimate of drug-likeness (QED) is 0.852. The van der Waals surface area contributed by atoms with Gasteiger partial charge in [-0.1, -0.05) is 12.1 Å². The van der Waals surface area contributed by atoms with Gasteiger partial charge in [0.1, 0.15) is 15.7 Å². The molecule has 1 aromatic carbocycles. The molecule has 108 valence electrons. The van der Waals surface area contributed by atoms with E-state index in [0.29, 0.717) is 18.7 Å². The molecule has 19 heavy (non-hydrogen) atoms. The molecular formula is C13H21FN2O2S. The van der Waals surface area contributed by atoms with Gasteiger partial charge in [-0.3, -0.25) is 4.90 Å². The summed E-state index contributed by atoms with van der Waals surface area (Å²) in [4.78, 5) is 1.88. The molecule has 1 unspecified atom stereocenters. The molecule has 2 N–H and O–H groups in total. The molecular weight excluding hydrogens is 267 g/mol. The molecule has 0 radical (unpaired) electrons. The van der Waals surface area contributed by atoms with Crippen LogP contribution < -0.4 is 5.73 Å². The van der Waals surface area contributed by atoms with Gasteiger partial charge in [-0.05, 0) is 31.2 Å². The van der Waals surface area contributed by atoms with Crippen LogP contribution in [-0.2, 0) is 9.84 Å². The lowest BCUT2D eigenvalue weighted by Gasteiger charge is -2.27. The molecule has 0 aliphatic carbocycles. The van der Waals surface area contributed by atoms with Crippen molar-refractivity contribution in [1.29, 1.82) is 0 Å². The maximum atomic E-state index is 13.2. The van der Waals surface area contributed by atoms with Gasteiger partial charge in [0.25, 0.3) is 0 Å². The van der Waals surface area contributed by atoms with Crippen molar-refractivity contribution in [2.24, 2.45) is 5.73 Å². The Labute approximate surface area is 114 Å². The summed E-state index contributed by atoms with van der Waals surface area (Å²) < 4.78 is 35.6. The smallest absolute Gasteiger partial charge is 0.148 e. The Morgan fingerprint density at radius 1 is 1.42 bits per heavy atom. The number of nitrogens with two attached hydrogens (primary N) is 1. The van der Waals surface area contributed by atoms with Gasteiger partial charge in [0.05, 0.1) is 5.75 Å². The average Bonchev–Trinajstić information content (AvgIpc) is 2.31. The van der Waals surface area contributed by atoms with Gasteiger partial charge in [0, 0.05) is 25.4 Å². The molecule has 4 nitrogen and oxygen atoms in total. The summed E-state index contributed by atoms with van der Waals surface area (Å²) in [5.41, 5.74) is 7.21. The Balaban J connectivity index is 2.84. The minimum absolute atomic E-state index is 0.0835. The number of nitrogens with zero attached hydrogens (tertiary/aromatic N) is 1. The van der Waals surface area contributed by atoms with E-state index in [1.807, 2.05) is 11.9 Å². The van der Waals surface area contributed by atoms with Gasteiger partial charge in [-0.25, -0.2) is 12.8 Å². The number of hydrogen-bond donors (Lipinski definition) is 1. The highest BCUT2D eigenvalue weighted by Gasteiger charge is 2.17. The third kappa shape index (κ3) is 4.89. The van der Waals surface area contributed by atoms with Crippen molar-refractivity contribution < 1.29 is 12.8 Å². The lowest BCUT2D eigenvalue weighted by Crippen LogP contribution is -2.34. The molecule has 0 heterocycles. The number of benzene rings is 1. The van der Waals surface area contributed by atoms with E-state index in [1.54, 1.807) is 19.1 Å². The van der Waals surface area contributed by atoms with Crippen LogP contribution >= 0.6 is 0 Å². The van der Waals surface area contributed by atoms with Crippen LogP contribution in [0.15, 0.2) is 18.2 Å². The van der Waals surface area contributed by atoms with Crippen LogP contribution in [0, 0.1) is 12.7 Å². The van der Waals surface area contributed by atoms with E-state index in [4.69, 9.17) is 5.73 Å². The van der Waals surface area contributed by atoms with E-state index in [2.05, 4.69) is 0 Å². The Morgan fingerprint density at radius 2 is 2.05 bits per heavy atom. The average molecular weight is 288 g/mol. The molecule has 0 aromatic heterocycles. The van der Waals surface area contributed by atoms with Crippen molar-refractivity contribution in [1.82, 2.24) is 4.90 Å². The molecule has 0 saturated heterocycles. The zero-order chi connectivity index (χ0) is 14.6. The van der Waals surface area contributed by atoms with Gasteiger partial charge in [-0.2, -0.15) is 0 Å². The van der Waals surface area contributed by atoms with Crippen LogP contribution in [0.5, 0.6) is 0 Å². The van der Waals surface area contributed by atoms with E-state index in [-0.39, 0.29) is 17.6 Å². The van der Waals surface area contributed by atoms with Crippen LogP contribution in [0.2, 0.25) is 0 Å². The largest absolute Gasteiger partial charge is 0.329 e. The first kappa shape index (κ1) is 16.1. The predicted molar refractivity (Wildman–Crippen MR) is 75.3 cm³/mol. The summed E-state index contributed by atoms with van der Waals surface area (Å²) >= 11 is 0. The van der Waals surface area contributed by atoms with Crippen molar-refractivity contribution in [3.8, 4) is 0 Å². The third-order valence-electron chi connectivity index (χ3n) is 3.14. The van der Waals surface area contributed by atoms with Gasteiger partial charge in [-0.15, -0.1) is 0 Å². The molecule has 1 aromatic rings. The van der Waals surface area contributed by atoms with Crippen molar-refractivity contribution >= 4 is 9.84 Å². The fourth-order valence-electron chi connectivity index (χ4n) is 1.91. The standard InChI is InChI=1S/C13H21FN2O2S/c1-10-8-11(4-5-12(10)14)13(9-15)16(2)6-7-19(3,17)18/h4-5,8,13H,6-7,9,15H2,1-3H3. The lowest BCUT2D eigenvalue weighted by atomic mass is 10.0. The first-order chi connectivity index (χ1) is 8.74. The first-order valence-corrected chi connectivity index (χ1v) is 8.14. The van der Waals surface area contributed by atoms with E-state index >= 15 is 0 Å². The molecule has 0 fully saturated rings. The molecule has 1 rings (SSSR count). The number of likely N-dealkylation sites (N-methyl/N-ethyl adjacent to an activating group) is 1. The third-order valence-corrected chi connectivity index (χ3v) is 4.06. The zero-order valence-corrected chi connectivity index (χ0v) is 12.4. The summed E-state index contributed by atoms with van der Waals surface area (Å²) in [5.74, 6) is -0.168. The van der Waals surface area contributed by atoms with Crippen molar-refractivity contribution in [3.63, 3.8) is 0 Å². The zero-order valence-electron chi connectivity index (χ0n) is 11.6. The highest BCUT2D eigenvalue weighted by atomic mass is 32.2. The lowest BCUT2D eigenvalue weighted by molar-refractivity contribution is 0.264. The van der Waals surface area contributed by atoms with Crippen LogP contribution in [0.25, 0.3) is 0 Å². The van der Waals surface area contributed by atoms with Gasteiger partial charge < -0.3 is 5.73 Å². The maximum Gasteiger partial charge on any atom is 0.148 e. The van der Waals surface area contributed by atoms with Gasteiger partial charge in [0.15, 0.2) is 0 Å². The predicted octanol–water partition coefficient (Wildman–Crippen LogP) is 1.11. The first-order valence-electron chi connectivity index (χ1n) is 6.08. The molecule has 0 spiro atoms. The number of sulfone groups is 1. The molecule has 0 amide bonds. The number of halogens is 1. The summed E-state index contributed by atoms with van der Waals surface area (Å²) in [6.07, 6.45) is 1.21. The SMILES string of the molecule is Cc1cc(C(CN)N(C)CCS(C)(=O)=O)ccc1F. The van der Waals surface area contributed by atoms with Crippen LogP contribution in [-0.4, -0.2) is 45.5 Å². The highest BCUT2D eigenvalue weighted by molar-refractivity contribution is 7.90. The second-order valence-electron chi connectivity index (χ2n) is 4.87. The minimum atomic E-state index is -3.00. The Kier molecular flexibility index (Phi) is 5.46. The molecule has 0 bridgehead atoms. The second kappa shape index (κ2) is 6.45. The molecule has 1 atom stereocenters. The van der Waals surface area contributed by atoms with E-state index in [1.165, 1.54) is 12.3 Å². The monoisotopic (exact) mass is 288 g/mol. The normalized spacial score (nSPS) is 13.8. The topological polar surface area (TPSA) is 63.4 Å². The van der Waals surface area contributed by atoms with Crippen molar-refractivity contribution in [3.05, 3.63) is 35.1 Å². The van der Waals surface area contributed by atoms with Crippen molar-refractivity contribution in [2.45, 2.75) is 13.0 Å². The molecule has 0 aliphatic heterocycles. The summed E-state index contributed by atoms with van der Waals surface area (Å²) in [7, 11) is -1.18. The Morgan fingerprint density at radius 3 is 2.53 bits per heavy atom. The summed E-state index contributed by atoms with van der Waals surface area (Å²) in [6, 6.07) is 4.75. The van der Waals surface area contributed by atoms with Gasteiger partial charge in [0.2, 0.25) is 0 Å². The van der Waals surface area contributed by atoms with E-state index < -0.39 is 9.84 Å². The van der Waals surface area contributed by atoms with Gasteiger partial charge >= 0.3 is 0 Å². The minimum Gasteiger partial charge on any atom is -0.329 e. The Bertz CT molecular complexity index is 531. The van der Waals surface area contributed by atoms with Crippen LogP contribution in [0.3, 0.4) is 0 Å². The number of rotatable bonds is 6. The summed E-state index contributed by atoms with van der Waals surface area (Å²) in [6.45, 7) is 2.45. The number of hydrogen-bond acceptors (Lipinski definition) is 4. The second-order valence-corrected chi connectivity index (χ2v) is 7.13. The molecule has 0 saturated carbocycles. The highest BCUT2D eigenvalue weighted by Crippen LogP contribution is 2.20. The molecule has 6 heteroatoms. The summed E-state index contributed by atoms with van der Waals surface area (Å²) in [5, 5.41) is 0. The molecule has 0 aliphatic rings. The fourth-order valence-corrected chi connectivity index (χ4v) is 2.53. The van der Waals surface area contributed by atoms with Crippen molar-refractivity contribution in [2.75, 3.05) is 32.1 Å². The van der Waals surface area contributed by atoms with E-state index in [9.17, 15) is 12.8 Å².